The van der Waals surface area contributed by atoms with Crippen LogP contribution in [0.1, 0.15) is 45.4 Å². The van der Waals surface area contributed by atoms with Crippen LogP contribution in [-0.2, 0) is 14.3 Å². The molecule has 0 aromatic carbocycles. The molecule has 20 heavy (non-hydrogen) atoms. The van der Waals surface area contributed by atoms with Crippen LogP contribution in [0.5, 0.6) is 0 Å². The summed E-state index contributed by atoms with van der Waals surface area (Å²) in [6.07, 6.45) is 6.51. The van der Waals surface area contributed by atoms with Crippen molar-refractivity contribution in [2.45, 2.75) is 45.4 Å². The number of piperidine rings is 1. The normalized spacial score (nSPS) is 33.5. The zero-order chi connectivity index (χ0) is 14.1. The molecule has 3 unspecified atom stereocenters. The van der Waals surface area contributed by atoms with E-state index in [1.165, 1.54) is 19.3 Å². The van der Waals surface area contributed by atoms with Crippen molar-refractivity contribution in [1.29, 1.82) is 0 Å². The average molecular weight is 279 g/mol. The smallest absolute Gasteiger partial charge is 0.309 e. The highest BCUT2D eigenvalue weighted by molar-refractivity contribution is 5.80. The molecule has 3 aliphatic rings. The summed E-state index contributed by atoms with van der Waals surface area (Å²) >= 11 is 0. The van der Waals surface area contributed by atoms with Crippen molar-refractivity contribution in [3.8, 4) is 0 Å². The lowest BCUT2D eigenvalue weighted by molar-refractivity contribution is -0.152. The van der Waals surface area contributed by atoms with E-state index in [1.54, 1.807) is 0 Å². The number of fused-ring (bicyclic) bond motifs is 2. The van der Waals surface area contributed by atoms with Gasteiger partial charge in [-0.05, 0) is 50.9 Å². The fourth-order valence-corrected chi connectivity index (χ4v) is 4.38. The summed E-state index contributed by atoms with van der Waals surface area (Å²) < 4.78 is 5.07. The Labute approximate surface area is 120 Å². The maximum Gasteiger partial charge on any atom is 0.309 e. The number of carbonyl (C=O) groups is 2. The van der Waals surface area contributed by atoms with Gasteiger partial charge in [-0.25, -0.2) is 0 Å². The van der Waals surface area contributed by atoms with Crippen LogP contribution >= 0.6 is 0 Å². The minimum Gasteiger partial charge on any atom is -0.466 e. The second-order valence-electron chi connectivity index (χ2n) is 6.63. The Bertz CT molecular complexity index is 387. The van der Waals surface area contributed by atoms with Crippen LogP contribution in [0.25, 0.3) is 0 Å². The van der Waals surface area contributed by atoms with E-state index in [4.69, 9.17) is 4.74 Å². The number of ether oxygens (including phenoxy) is 1. The van der Waals surface area contributed by atoms with Crippen molar-refractivity contribution < 1.29 is 14.3 Å². The molecule has 1 saturated heterocycles. The van der Waals surface area contributed by atoms with Crippen LogP contribution in [-0.4, -0.2) is 36.5 Å². The van der Waals surface area contributed by atoms with Gasteiger partial charge in [0.05, 0.1) is 12.5 Å². The summed E-state index contributed by atoms with van der Waals surface area (Å²) in [4.78, 5) is 26.3. The van der Waals surface area contributed by atoms with E-state index in [-0.39, 0.29) is 17.8 Å². The third-order valence-electron chi connectivity index (χ3n) is 5.48. The molecule has 0 radical (unpaired) electrons. The van der Waals surface area contributed by atoms with Gasteiger partial charge in [0.2, 0.25) is 5.91 Å². The molecule has 4 heteroatoms. The molecule has 112 valence electrons. The summed E-state index contributed by atoms with van der Waals surface area (Å²) in [5.41, 5.74) is 0. The van der Waals surface area contributed by atoms with E-state index in [1.807, 2.05) is 11.8 Å². The van der Waals surface area contributed by atoms with Gasteiger partial charge in [0.15, 0.2) is 0 Å². The molecule has 1 amide bonds. The highest BCUT2D eigenvalue weighted by Gasteiger charge is 2.44. The fourth-order valence-electron chi connectivity index (χ4n) is 4.38. The number of nitrogens with zero attached hydrogens (tertiary/aromatic N) is 1. The van der Waals surface area contributed by atoms with Crippen molar-refractivity contribution in [2.75, 3.05) is 19.7 Å². The first-order valence-corrected chi connectivity index (χ1v) is 8.14. The molecule has 3 fully saturated rings. The summed E-state index contributed by atoms with van der Waals surface area (Å²) in [7, 11) is 0. The first-order valence-electron chi connectivity index (χ1n) is 8.14. The number of hydrogen-bond donors (Lipinski definition) is 0. The minimum absolute atomic E-state index is 0.000899. The largest absolute Gasteiger partial charge is 0.466 e. The number of carbonyl (C=O) groups excluding carboxylic acids is 2. The molecular weight excluding hydrogens is 254 g/mol. The second-order valence-corrected chi connectivity index (χ2v) is 6.63. The topological polar surface area (TPSA) is 46.6 Å². The second kappa shape index (κ2) is 5.74. The Balaban J connectivity index is 1.51. The van der Waals surface area contributed by atoms with Crippen LogP contribution in [0.15, 0.2) is 0 Å². The lowest BCUT2D eigenvalue weighted by Crippen LogP contribution is -2.44. The zero-order valence-electron chi connectivity index (χ0n) is 12.3. The van der Waals surface area contributed by atoms with Gasteiger partial charge in [0.25, 0.3) is 0 Å². The third kappa shape index (κ3) is 2.57. The Kier molecular flexibility index (Phi) is 3.99. The molecule has 0 aromatic rings. The average Bonchev–Trinajstić information content (AvgIpc) is 3.09. The zero-order valence-corrected chi connectivity index (χ0v) is 12.3. The van der Waals surface area contributed by atoms with E-state index in [2.05, 4.69) is 0 Å². The Morgan fingerprint density at radius 3 is 2.40 bits per heavy atom. The van der Waals surface area contributed by atoms with Crippen molar-refractivity contribution in [3.05, 3.63) is 0 Å². The molecule has 2 bridgehead atoms. The molecule has 1 heterocycles. The first kappa shape index (κ1) is 13.9. The Morgan fingerprint density at radius 2 is 1.85 bits per heavy atom. The highest BCUT2D eigenvalue weighted by atomic mass is 16.5. The van der Waals surface area contributed by atoms with Gasteiger partial charge in [-0.2, -0.15) is 0 Å². The monoisotopic (exact) mass is 279 g/mol. The predicted octanol–water partition coefficient (Wildman–Crippen LogP) is 2.22. The lowest BCUT2D eigenvalue weighted by Gasteiger charge is -2.34. The molecular formula is C16H25NO3. The highest BCUT2D eigenvalue weighted by Crippen LogP contribution is 2.49. The lowest BCUT2D eigenvalue weighted by atomic mass is 9.86. The maximum atomic E-state index is 12.6. The fraction of sp³-hybridized carbons (Fsp3) is 0.875. The van der Waals surface area contributed by atoms with Gasteiger partial charge in [-0.3, -0.25) is 9.59 Å². The van der Waals surface area contributed by atoms with Crippen LogP contribution in [0, 0.1) is 23.7 Å². The number of esters is 1. The molecule has 1 aliphatic heterocycles. The van der Waals surface area contributed by atoms with Crippen molar-refractivity contribution in [2.24, 2.45) is 23.7 Å². The minimum atomic E-state index is -0.0838. The quantitative estimate of drug-likeness (QED) is 0.744. The van der Waals surface area contributed by atoms with Gasteiger partial charge < -0.3 is 9.64 Å². The van der Waals surface area contributed by atoms with Gasteiger partial charge in [-0.15, -0.1) is 0 Å². The van der Waals surface area contributed by atoms with Gasteiger partial charge in [0, 0.05) is 19.0 Å². The van der Waals surface area contributed by atoms with Crippen LogP contribution in [0.3, 0.4) is 0 Å². The molecule has 4 nitrogen and oxygen atoms in total. The molecule has 0 aromatic heterocycles. The van der Waals surface area contributed by atoms with E-state index in [0.29, 0.717) is 18.4 Å². The number of rotatable bonds is 3. The molecule has 0 spiro atoms. The first-order chi connectivity index (χ1) is 9.69. The van der Waals surface area contributed by atoms with Crippen molar-refractivity contribution >= 4 is 11.9 Å². The number of amides is 1. The maximum absolute atomic E-state index is 12.6. The SMILES string of the molecule is CCOC(=O)C1CCN(C(=O)C2CC3CCC2C3)CC1. The Hall–Kier alpha value is -1.06. The van der Waals surface area contributed by atoms with Crippen LogP contribution in [0.4, 0.5) is 0 Å². The van der Waals surface area contributed by atoms with Crippen LogP contribution < -0.4 is 0 Å². The van der Waals surface area contributed by atoms with Crippen molar-refractivity contribution in [3.63, 3.8) is 0 Å². The van der Waals surface area contributed by atoms with Gasteiger partial charge in [-0.1, -0.05) is 6.42 Å². The third-order valence-corrected chi connectivity index (χ3v) is 5.48. The molecule has 3 atom stereocenters. The van der Waals surface area contributed by atoms with E-state index < -0.39 is 0 Å². The number of likely N-dealkylation sites (tertiary alicyclic amines) is 1. The molecule has 2 saturated carbocycles. The van der Waals surface area contributed by atoms with E-state index >= 15 is 0 Å². The standard InChI is InChI=1S/C16H25NO3/c1-2-20-16(19)12-5-7-17(8-6-12)15(18)14-10-11-3-4-13(14)9-11/h11-14H,2-10H2,1H3. The Morgan fingerprint density at radius 1 is 1.10 bits per heavy atom. The molecule has 0 N–H and O–H groups in total. The van der Waals surface area contributed by atoms with E-state index in [9.17, 15) is 9.59 Å². The summed E-state index contributed by atoms with van der Waals surface area (Å²) in [6, 6.07) is 0. The predicted molar refractivity (Wildman–Crippen MR) is 74.9 cm³/mol. The molecule has 3 rings (SSSR count). The van der Waals surface area contributed by atoms with Gasteiger partial charge >= 0.3 is 5.97 Å². The van der Waals surface area contributed by atoms with Gasteiger partial charge in [0.1, 0.15) is 0 Å². The number of hydrogen-bond acceptors (Lipinski definition) is 3. The summed E-state index contributed by atoms with van der Waals surface area (Å²) in [6.45, 7) is 3.75. The molecule has 2 aliphatic carbocycles. The summed E-state index contributed by atoms with van der Waals surface area (Å²) in [5, 5.41) is 0. The summed E-state index contributed by atoms with van der Waals surface area (Å²) in [5.74, 6) is 2.02. The van der Waals surface area contributed by atoms with Crippen molar-refractivity contribution in [1.82, 2.24) is 4.90 Å². The van der Waals surface area contributed by atoms with Crippen LogP contribution in [0.2, 0.25) is 0 Å². The van der Waals surface area contributed by atoms with E-state index in [0.717, 1.165) is 38.3 Å².